The van der Waals surface area contributed by atoms with Crippen molar-refractivity contribution in [3.05, 3.63) is 51.7 Å². The van der Waals surface area contributed by atoms with Crippen molar-refractivity contribution < 1.29 is 4.79 Å². The highest BCUT2D eigenvalue weighted by atomic mass is 32.1. The van der Waals surface area contributed by atoms with Crippen LogP contribution in [-0.4, -0.2) is 13.0 Å². The fraction of sp³-hybridized carbons (Fsp3) is 0.214. The summed E-state index contributed by atoms with van der Waals surface area (Å²) in [7, 11) is 1.63. The van der Waals surface area contributed by atoms with Gasteiger partial charge < -0.3 is 10.6 Å². The molecule has 4 heteroatoms. The monoisotopic (exact) mass is 260 g/mol. The number of hydrogen-bond donors (Lipinski definition) is 2. The van der Waals surface area contributed by atoms with E-state index >= 15 is 0 Å². The number of benzene rings is 1. The number of rotatable bonds is 4. The Kier molecular flexibility index (Phi) is 3.99. The third kappa shape index (κ3) is 3.11. The zero-order valence-electron chi connectivity index (χ0n) is 10.5. The lowest BCUT2D eigenvalue weighted by molar-refractivity contribution is 0.0963. The summed E-state index contributed by atoms with van der Waals surface area (Å²) in [6.07, 6.45) is 0. The number of amides is 1. The van der Waals surface area contributed by atoms with Gasteiger partial charge in [0.15, 0.2) is 0 Å². The molecule has 1 amide bonds. The third-order valence-electron chi connectivity index (χ3n) is 2.64. The van der Waals surface area contributed by atoms with Crippen LogP contribution in [0, 0.1) is 6.92 Å². The highest BCUT2D eigenvalue weighted by Crippen LogP contribution is 2.17. The van der Waals surface area contributed by atoms with E-state index in [-0.39, 0.29) is 5.91 Å². The largest absolute Gasteiger partial charge is 0.380 e. The van der Waals surface area contributed by atoms with Crippen LogP contribution in [0.15, 0.2) is 36.4 Å². The molecule has 2 aromatic rings. The summed E-state index contributed by atoms with van der Waals surface area (Å²) in [5.74, 6) is -0.0598. The van der Waals surface area contributed by atoms with Crippen LogP contribution >= 0.6 is 11.3 Å². The molecule has 0 spiro atoms. The van der Waals surface area contributed by atoms with Gasteiger partial charge in [-0.2, -0.15) is 0 Å². The van der Waals surface area contributed by atoms with E-state index in [9.17, 15) is 4.79 Å². The highest BCUT2D eigenvalue weighted by Gasteiger charge is 2.02. The van der Waals surface area contributed by atoms with E-state index < -0.39 is 0 Å². The Morgan fingerprint density at radius 1 is 1.17 bits per heavy atom. The van der Waals surface area contributed by atoms with Gasteiger partial charge in [0, 0.05) is 34.6 Å². The standard InChI is InChI=1S/C14H16N2OS/c1-10-3-8-13(18-10)9-16-12-6-4-11(5-7-12)14(17)15-2/h3-8,16H,9H2,1-2H3,(H,15,17). The second kappa shape index (κ2) is 5.69. The van der Waals surface area contributed by atoms with Gasteiger partial charge in [-0.1, -0.05) is 0 Å². The van der Waals surface area contributed by atoms with Crippen molar-refractivity contribution >= 4 is 22.9 Å². The summed E-state index contributed by atoms with van der Waals surface area (Å²) in [6.45, 7) is 2.92. The van der Waals surface area contributed by atoms with E-state index in [1.807, 2.05) is 24.3 Å². The molecule has 0 unspecified atom stereocenters. The maximum absolute atomic E-state index is 11.4. The molecule has 0 fully saturated rings. The topological polar surface area (TPSA) is 41.1 Å². The van der Waals surface area contributed by atoms with Crippen LogP contribution in [0.25, 0.3) is 0 Å². The maximum atomic E-state index is 11.4. The van der Waals surface area contributed by atoms with Crippen molar-refractivity contribution in [1.29, 1.82) is 0 Å². The molecule has 0 radical (unpaired) electrons. The van der Waals surface area contributed by atoms with Gasteiger partial charge in [-0.05, 0) is 43.3 Å². The molecular weight excluding hydrogens is 244 g/mol. The average molecular weight is 260 g/mol. The normalized spacial score (nSPS) is 10.1. The average Bonchev–Trinajstić information content (AvgIpc) is 2.82. The summed E-state index contributed by atoms with van der Waals surface area (Å²) in [5, 5.41) is 5.94. The molecule has 0 saturated carbocycles. The summed E-state index contributed by atoms with van der Waals surface area (Å²) in [4.78, 5) is 14.0. The molecule has 2 rings (SSSR count). The zero-order valence-corrected chi connectivity index (χ0v) is 11.3. The van der Waals surface area contributed by atoms with Crippen molar-refractivity contribution in [3.8, 4) is 0 Å². The molecule has 2 N–H and O–H groups in total. The molecule has 0 saturated heterocycles. The second-order valence-electron chi connectivity index (χ2n) is 4.02. The lowest BCUT2D eigenvalue weighted by Gasteiger charge is -2.06. The van der Waals surface area contributed by atoms with Gasteiger partial charge in [-0.25, -0.2) is 0 Å². The lowest BCUT2D eigenvalue weighted by Crippen LogP contribution is -2.17. The molecule has 94 valence electrons. The summed E-state index contributed by atoms with van der Waals surface area (Å²) in [5.41, 5.74) is 1.70. The van der Waals surface area contributed by atoms with Crippen LogP contribution in [0.5, 0.6) is 0 Å². The number of carbonyl (C=O) groups excluding carboxylic acids is 1. The minimum Gasteiger partial charge on any atom is -0.380 e. The molecule has 1 aromatic heterocycles. The Morgan fingerprint density at radius 3 is 2.44 bits per heavy atom. The van der Waals surface area contributed by atoms with Crippen molar-refractivity contribution in [2.75, 3.05) is 12.4 Å². The molecule has 3 nitrogen and oxygen atoms in total. The van der Waals surface area contributed by atoms with Crippen molar-refractivity contribution in [2.45, 2.75) is 13.5 Å². The Labute approximate surface area is 111 Å². The van der Waals surface area contributed by atoms with E-state index in [4.69, 9.17) is 0 Å². The van der Waals surface area contributed by atoms with E-state index in [0.29, 0.717) is 5.56 Å². The van der Waals surface area contributed by atoms with E-state index in [1.165, 1.54) is 9.75 Å². The van der Waals surface area contributed by atoms with Crippen LogP contribution in [-0.2, 0) is 6.54 Å². The fourth-order valence-electron chi connectivity index (χ4n) is 1.65. The van der Waals surface area contributed by atoms with Gasteiger partial charge in [-0.3, -0.25) is 4.79 Å². The third-order valence-corrected chi connectivity index (χ3v) is 3.64. The predicted octanol–water partition coefficient (Wildman–Crippen LogP) is 3.03. The highest BCUT2D eigenvalue weighted by molar-refractivity contribution is 7.11. The molecule has 0 aliphatic carbocycles. The number of hydrogen-bond acceptors (Lipinski definition) is 3. The Balaban J connectivity index is 1.96. The lowest BCUT2D eigenvalue weighted by atomic mass is 10.2. The second-order valence-corrected chi connectivity index (χ2v) is 5.39. The number of nitrogens with one attached hydrogen (secondary N) is 2. The Bertz CT molecular complexity index is 531. The molecule has 0 atom stereocenters. The van der Waals surface area contributed by atoms with Crippen molar-refractivity contribution in [2.24, 2.45) is 0 Å². The van der Waals surface area contributed by atoms with Gasteiger partial charge >= 0.3 is 0 Å². The SMILES string of the molecule is CNC(=O)c1ccc(NCc2ccc(C)s2)cc1. The van der Waals surface area contributed by atoms with Gasteiger partial charge in [0.25, 0.3) is 5.91 Å². The summed E-state index contributed by atoms with van der Waals surface area (Å²) in [6, 6.07) is 11.7. The maximum Gasteiger partial charge on any atom is 0.251 e. The molecular formula is C14H16N2OS. The smallest absolute Gasteiger partial charge is 0.251 e. The first kappa shape index (κ1) is 12.6. The molecule has 18 heavy (non-hydrogen) atoms. The van der Waals surface area contributed by atoms with Crippen LogP contribution in [0.1, 0.15) is 20.1 Å². The van der Waals surface area contributed by atoms with E-state index in [2.05, 4.69) is 29.7 Å². The minimum absolute atomic E-state index is 0.0598. The number of thiophene rings is 1. The zero-order chi connectivity index (χ0) is 13.0. The van der Waals surface area contributed by atoms with Gasteiger partial charge in [0.1, 0.15) is 0 Å². The molecule has 0 aliphatic heterocycles. The van der Waals surface area contributed by atoms with Crippen molar-refractivity contribution in [3.63, 3.8) is 0 Å². The molecule has 0 bridgehead atoms. The van der Waals surface area contributed by atoms with Crippen molar-refractivity contribution in [1.82, 2.24) is 5.32 Å². The van der Waals surface area contributed by atoms with Crippen LogP contribution in [0.4, 0.5) is 5.69 Å². The quantitative estimate of drug-likeness (QED) is 0.887. The van der Waals surface area contributed by atoms with Crippen LogP contribution in [0.3, 0.4) is 0 Å². The van der Waals surface area contributed by atoms with Gasteiger partial charge in [-0.15, -0.1) is 11.3 Å². The Hall–Kier alpha value is -1.81. The van der Waals surface area contributed by atoms with E-state index in [0.717, 1.165) is 12.2 Å². The van der Waals surface area contributed by atoms with Gasteiger partial charge in [0.2, 0.25) is 0 Å². The summed E-state index contributed by atoms with van der Waals surface area (Å²) >= 11 is 1.79. The summed E-state index contributed by atoms with van der Waals surface area (Å²) < 4.78 is 0. The number of anilines is 1. The van der Waals surface area contributed by atoms with Gasteiger partial charge in [0.05, 0.1) is 0 Å². The predicted molar refractivity (Wildman–Crippen MR) is 76.2 cm³/mol. The molecule has 1 aromatic carbocycles. The first-order valence-corrected chi connectivity index (χ1v) is 6.62. The van der Waals surface area contributed by atoms with Crippen LogP contribution < -0.4 is 10.6 Å². The number of aryl methyl sites for hydroxylation is 1. The first-order valence-electron chi connectivity index (χ1n) is 5.80. The van der Waals surface area contributed by atoms with E-state index in [1.54, 1.807) is 18.4 Å². The first-order chi connectivity index (χ1) is 8.69. The molecule has 1 heterocycles. The number of carbonyl (C=O) groups is 1. The fourth-order valence-corrected chi connectivity index (χ4v) is 2.48. The van der Waals surface area contributed by atoms with Crippen LogP contribution in [0.2, 0.25) is 0 Å². The Morgan fingerprint density at radius 2 is 1.89 bits per heavy atom. The molecule has 0 aliphatic rings. The minimum atomic E-state index is -0.0598.